The minimum absolute atomic E-state index is 0.189. The Morgan fingerprint density at radius 1 is 1.53 bits per heavy atom. The molecular formula is C13H16BrNO2. The fourth-order valence-electron chi connectivity index (χ4n) is 1.91. The molecule has 0 spiro atoms. The zero-order valence-electron chi connectivity index (χ0n) is 9.91. The molecule has 0 fully saturated rings. The summed E-state index contributed by atoms with van der Waals surface area (Å²) in [7, 11) is 0. The number of rotatable bonds is 3. The summed E-state index contributed by atoms with van der Waals surface area (Å²) in [4.78, 5) is 13.9. The van der Waals surface area contributed by atoms with E-state index in [0.29, 0.717) is 19.6 Å². The molecule has 0 aromatic heterocycles. The van der Waals surface area contributed by atoms with Crippen LogP contribution in [0.25, 0.3) is 0 Å². The van der Waals surface area contributed by atoms with Gasteiger partial charge in [-0.25, -0.2) is 0 Å². The third kappa shape index (κ3) is 2.80. The minimum atomic E-state index is 0.189. The number of benzene rings is 1. The third-order valence-corrected chi connectivity index (χ3v) is 3.32. The van der Waals surface area contributed by atoms with Gasteiger partial charge in [0.2, 0.25) is 5.91 Å². The van der Waals surface area contributed by atoms with Crippen molar-refractivity contribution in [2.45, 2.75) is 26.2 Å². The van der Waals surface area contributed by atoms with Crippen molar-refractivity contribution < 1.29 is 9.53 Å². The van der Waals surface area contributed by atoms with Crippen LogP contribution in [0.3, 0.4) is 0 Å². The van der Waals surface area contributed by atoms with Crippen molar-refractivity contribution >= 4 is 27.5 Å². The highest BCUT2D eigenvalue weighted by molar-refractivity contribution is 9.10. The molecule has 0 N–H and O–H groups in total. The zero-order chi connectivity index (χ0) is 12.3. The quantitative estimate of drug-likeness (QED) is 0.856. The van der Waals surface area contributed by atoms with E-state index in [2.05, 4.69) is 22.9 Å². The van der Waals surface area contributed by atoms with Gasteiger partial charge in [0, 0.05) is 10.9 Å². The van der Waals surface area contributed by atoms with E-state index < -0.39 is 0 Å². The van der Waals surface area contributed by atoms with E-state index >= 15 is 0 Å². The number of nitrogens with zero attached hydrogens (tertiary/aromatic N) is 1. The molecule has 92 valence electrons. The zero-order valence-corrected chi connectivity index (χ0v) is 11.5. The molecule has 2 rings (SSSR count). The highest BCUT2D eigenvalue weighted by Crippen LogP contribution is 2.34. The predicted octanol–water partition coefficient (Wildman–Crippen LogP) is 3.36. The average molecular weight is 298 g/mol. The van der Waals surface area contributed by atoms with Crippen molar-refractivity contribution in [3.63, 3.8) is 0 Å². The maximum atomic E-state index is 12.1. The maximum absolute atomic E-state index is 12.1. The summed E-state index contributed by atoms with van der Waals surface area (Å²) in [5, 5.41) is 0. The first kappa shape index (κ1) is 12.4. The van der Waals surface area contributed by atoms with E-state index in [9.17, 15) is 4.79 Å². The van der Waals surface area contributed by atoms with Gasteiger partial charge in [-0.2, -0.15) is 0 Å². The number of unbranched alkanes of at least 4 members (excludes halogenated alkanes) is 1. The number of carbonyl (C=O) groups excluding carboxylic acids is 1. The van der Waals surface area contributed by atoms with Gasteiger partial charge in [0.1, 0.15) is 12.4 Å². The molecule has 4 heteroatoms. The van der Waals surface area contributed by atoms with E-state index in [0.717, 1.165) is 28.8 Å². The van der Waals surface area contributed by atoms with Gasteiger partial charge < -0.3 is 9.64 Å². The molecule has 0 unspecified atom stereocenters. The normalized spacial score (nSPS) is 14.1. The minimum Gasteiger partial charge on any atom is -0.490 e. The Morgan fingerprint density at radius 3 is 3.12 bits per heavy atom. The largest absolute Gasteiger partial charge is 0.490 e. The molecule has 0 radical (unpaired) electrons. The summed E-state index contributed by atoms with van der Waals surface area (Å²) in [6, 6.07) is 5.77. The monoisotopic (exact) mass is 297 g/mol. The van der Waals surface area contributed by atoms with Gasteiger partial charge in [-0.3, -0.25) is 4.79 Å². The maximum Gasteiger partial charge on any atom is 0.227 e. The van der Waals surface area contributed by atoms with E-state index in [-0.39, 0.29) is 5.91 Å². The first-order valence-corrected chi connectivity index (χ1v) is 6.74. The lowest BCUT2D eigenvalue weighted by molar-refractivity contribution is -0.119. The number of hydrogen-bond donors (Lipinski definition) is 0. The van der Waals surface area contributed by atoms with Crippen molar-refractivity contribution in [2.24, 2.45) is 0 Å². The van der Waals surface area contributed by atoms with Crippen LogP contribution in [0.1, 0.15) is 26.2 Å². The van der Waals surface area contributed by atoms with Crippen molar-refractivity contribution in [3.8, 4) is 5.75 Å². The van der Waals surface area contributed by atoms with Crippen LogP contribution in [0.15, 0.2) is 22.7 Å². The Kier molecular flexibility index (Phi) is 4.05. The SMILES string of the molecule is CCCCC(=O)N1CCOc2ccc(Br)cc21. The molecule has 1 heterocycles. The molecular weight excluding hydrogens is 282 g/mol. The number of carbonyl (C=O) groups is 1. The fraction of sp³-hybridized carbons (Fsp3) is 0.462. The molecule has 0 saturated carbocycles. The van der Waals surface area contributed by atoms with Crippen LogP contribution in [-0.4, -0.2) is 19.1 Å². The fourth-order valence-corrected chi connectivity index (χ4v) is 2.26. The van der Waals surface area contributed by atoms with Crippen LogP contribution in [0.4, 0.5) is 5.69 Å². The smallest absolute Gasteiger partial charge is 0.227 e. The van der Waals surface area contributed by atoms with Crippen LogP contribution < -0.4 is 9.64 Å². The first-order valence-electron chi connectivity index (χ1n) is 5.95. The van der Waals surface area contributed by atoms with Crippen LogP contribution >= 0.6 is 15.9 Å². The molecule has 1 aliphatic rings. The Morgan fingerprint density at radius 2 is 2.35 bits per heavy atom. The second kappa shape index (κ2) is 5.54. The van der Waals surface area contributed by atoms with Gasteiger partial charge in [0.25, 0.3) is 0 Å². The van der Waals surface area contributed by atoms with Crippen LogP contribution in [0, 0.1) is 0 Å². The molecule has 0 saturated heterocycles. The molecule has 0 bridgehead atoms. The highest BCUT2D eigenvalue weighted by atomic mass is 79.9. The number of halogens is 1. The summed E-state index contributed by atoms with van der Waals surface area (Å²) in [5.41, 5.74) is 0.881. The highest BCUT2D eigenvalue weighted by Gasteiger charge is 2.23. The van der Waals surface area contributed by atoms with Gasteiger partial charge >= 0.3 is 0 Å². The van der Waals surface area contributed by atoms with E-state index in [1.54, 1.807) is 0 Å². The van der Waals surface area contributed by atoms with Crippen LogP contribution in [0.2, 0.25) is 0 Å². The first-order chi connectivity index (χ1) is 8.22. The summed E-state index contributed by atoms with van der Waals surface area (Å²) >= 11 is 3.43. The lowest BCUT2D eigenvalue weighted by Gasteiger charge is -2.29. The third-order valence-electron chi connectivity index (χ3n) is 2.83. The lowest BCUT2D eigenvalue weighted by atomic mass is 10.2. The Bertz CT molecular complexity index is 420. The molecule has 1 aromatic carbocycles. The van der Waals surface area contributed by atoms with Crippen molar-refractivity contribution in [2.75, 3.05) is 18.1 Å². The number of amides is 1. The van der Waals surface area contributed by atoms with Crippen molar-refractivity contribution in [1.82, 2.24) is 0 Å². The van der Waals surface area contributed by atoms with Crippen LogP contribution in [-0.2, 0) is 4.79 Å². The van der Waals surface area contributed by atoms with Crippen molar-refractivity contribution in [1.29, 1.82) is 0 Å². The van der Waals surface area contributed by atoms with E-state index in [1.165, 1.54) is 0 Å². The predicted molar refractivity (Wildman–Crippen MR) is 71.5 cm³/mol. The van der Waals surface area contributed by atoms with Gasteiger partial charge in [-0.1, -0.05) is 29.3 Å². The lowest BCUT2D eigenvalue weighted by Crippen LogP contribution is -2.37. The van der Waals surface area contributed by atoms with Gasteiger partial charge in [-0.15, -0.1) is 0 Å². The van der Waals surface area contributed by atoms with Gasteiger partial charge in [-0.05, 0) is 24.6 Å². The molecule has 0 atom stereocenters. The van der Waals surface area contributed by atoms with Gasteiger partial charge in [0.15, 0.2) is 0 Å². The number of anilines is 1. The van der Waals surface area contributed by atoms with Gasteiger partial charge in [0.05, 0.1) is 12.2 Å². The summed E-state index contributed by atoms with van der Waals surface area (Å²) in [6.07, 6.45) is 2.60. The summed E-state index contributed by atoms with van der Waals surface area (Å²) < 4.78 is 6.52. The second-order valence-electron chi connectivity index (χ2n) is 4.11. The van der Waals surface area contributed by atoms with E-state index in [1.807, 2.05) is 23.1 Å². The number of ether oxygens (including phenoxy) is 1. The molecule has 1 aromatic rings. The van der Waals surface area contributed by atoms with E-state index in [4.69, 9.17) is 4.74 Å². The molecule has 1 amide bonds. The molecule has 1 aliphatic heterocycles. The Labute approximate surface area is 110 Å². The number of fused-ring (bicyclic) bond motifs is 1. The summed E-state index contributed by atoms with van der Waals surface area (Å²) in [5.74, 6) is 0.985. The topological polar surface area (TPSA) is 29.5 Å². The number of hydrogen-bond acceptors (Lipinski definition) is 2. The Balaban J connectivity index is 2.21. The van der Waals surface area contributed by atoms with Crippen LogP contribution in [0.5, 0.6) is 5.75 Å². The standard InChI is InChI=1S/C13H16BrNO2/c1-2-3-4-13(16)15-7-8-17-12-6-5-10(14)9-11(12)15/h5-6,9H,2-4,7-8H2,1H3. The molecule has 3 nitrogen and oxygen atoms in total. The Hall–Kier alpha value is -1.03. The molecule has 0 aliphatic carbocycles. The second-order valence-corrected chi connectivity index (χ2v) is 5.03. The molecule has 17 heavy (non-hydrogen) atoms. The van der Waals surface area contributed by atoms with Crippen molar-refractivity contribution in [3.05, 3.63) is 22.7 Å². The average Bonchev–Trinajstić information content (AvgIpc) is 2.35. The summed E-state index contributed by atoms with van der Waals surface area (Å²) in [6.45, 7) is 3.32.